The fraction of sp³-hybridized carbons (Fsp3) is 0.0833. The molecule has 0 radical (unpaired) electrons. The zero-order valence-corrected chi connectivity index (χ0v) is 21.6. The Morgan fingerprint density at radius 3 is 2.30 bits per heavy atom. The molecule has 3 amide bonds. The van der Waals surface area contributed by atoms with Crippen LogP contribution >= 0.6 is 55.1 Å². The van der Waals surface area contributed by atoms with E-state index in [9.17, 15) is 9.59 Å². The lowest BCUT2D eigenvalue weighted by Crippen LogP contribution is -2.30. The molecule has 5 nitrogen and oxygen atoms in total. The molecule has 4 rings (SSSR count). The normalized spacial score (nSPS) is 14.7. The Balaban J connectivity index is 1.54. The number of amides is 3. The van der Waals surface area contributed by atoms with Crippen LogP contribution in [0, 0.1) is 0 Å². The zero-order chi connectivity index (χ0) is 23.5. The van der Waals surface area contributed by atoms with E-state index in [1.165, 1.54) is 4.90 Å². The average molecular weight is 611 g/mol. The van der Waals surface area contributed by atoms with E-state index in [1.807, 2.05) is 42.5 Å². The standard InChI is InChI=1S/C24H16Br2Cl2N2O3/c25-17-4-1-14(2-5-17)12-30-23(31)21(29-24(30)32)11-16-10-18(26)6-8-22(16)33-13-15-3-7-19(27)20(28)9-15/h1-11H,12-13H2,(H,29,32)/b21-11+. The van der Waals surface area contributed by atoms with Crippen molar-refractivity contribution in [2.75, 3.05) is 0 Å². The van der Waals surface area contributed by atoms with Crippen LogP contribution in [0.3, 0.4) is 0 Å². The monoisotopic (exact) mass is 608 g/mol. The van der Waals surface area contributed by atoms with Gasteiger partial charge < -0.3 is 10.1 Å². The molecule has 3 aromatic carbocycles. The smallest absolute Gasteiger partial charge is 0.329 e. The summed E-state index contributed by atoms with van der Waals surface area (Å²) < 4.78 is 7.70. The fourth-order valence-electron chi connectivity index (χ4n) is 3.20. The molecule has 3 aromatic rings. The highest BCUT2D eigenvalue weighted by Gasteiger charge is 2.33. The number of ether oxygens (including phenoxy) is 1. The minimum atomic E-state index is -0.470. The number of halogens is 4. The highest BCUT2D eigenvalue weighted by atomic mass is 79.9. The van der Waals surface area contributed by atoms with Gasteiger partial charge >= 0.3 is 6.03 Å². The van der Waals surface area contributed by atoms with Gasteiger partial charge in [-0.2, -0.15) is 0 Å². The van der Waals surface area contributed by atoms with Crippen molar-refractivity contribution in [2.45, 2.75) is 13.2 Å². The molecular weight excluding hydrogens is 595 g/mol. The van der Waals surface area contributed by atoms with E-state index in [-0.39, 0.29) is 18.8 Å². The lowest BCUT2D eigenvalue weighted by atomic mass is 10.1. The lowest BCUT2D eigenvalue weighted by molar-refractivity contribution is -0.123. The van der Waals surface area contributed by atoms with Gasteiger partial charge in [0.2, 0.25) is 0 Å². The minimum Gasteiger partial charge on any atom is -0.488 e. The molecule has 168 valence electrons. The fourth-order valence-corrected chi connectivity index (χ4v) is 4.16. The second kappa shape index (κ2) is 10.3. The van der Waals surface area contributed by atoms with E-state index in [1.54, 1.807) is 24.3 Å². The van der Waals surface area contributed by atoms with Crippen LogP contribution in [0.1, 0.15) is 16.7 Å². The Morgan fingerprint density at radius 1 is 0.879 bits per heavy atom. The molecule has 9 heteroatoms. The van der Waals surface area contributed by atoms with Crippen LogP contribution in [0.25, 0.3) is 6.08 Å². The van der Waals surface area contributed by atoms with Gasteiger partial charge in [0, 0.05) is 14.5 Å². The number of carbonyl (C=O) groups excluding carboxylic acids is 2. The minimum absolute atomic E-state index is 0.175. The third-order valence-corrected chi connectivity index (χ3v) is 6.63. The summed E-state index contributed by atoms with van der Waals surface area (Å²) in [4.78, 5) is 26.6. The van der Waals surface area contributed by atoms with E-state index in [2.05, 4.69) is 37.2 Å². The van der Waals surface area contributed by atoms with E-state index in [0.29, 0.717) is 21.4 Å². The van der Waals surface area contributed by atoms with E-state index < -0.39 is 11.9 Å². The predicted molar refractivity (Wildman–Crippen MR) is 136 cm³/mol. The van der Waals surface area contributed by atoms with Crippen molar-refractivity contribution in [1.29, 1.82) is 0 Å². The molecule has 33 heavy (non-hydrogen) atoms. The number of urea groups is 1. The van der Waals surface area contributed by atoms with Gasteiger partial charge in [-0.1, -0.05) is 73.3 Å². The number of rotatable bonds is 6. The Hall–Kier alpha value is -2.32. The van der Waals surface area contributed by atoms with Crippen molar-refractivity contribution in [1.82, 2.24) is 10.2 Å². The van der Waals surface area contributed by atoms with Crippen molar-refractivity contribution in [3.8, 4) is 5.75 Å². The molecule has 1 fully saturated rings. The average Bonchev–Trinajstić information content (AvgIpc) is 3.04. The van der Waals surface area contributed by atoms with Gasteiger partial charge in [0.15, 0.2) is 0 Å². The summed E-state index contributed by atoms with van der Waals surface area (Å²) in [5, 5.41) is 3.57. The molecule has 0 aromatic heterocycles. The Bertz CT molecular complexity index is 1260. The summed E-state index contributed by atoms with van der Waals surface area (Å²) in [5.74, 6) is 0.142. The maximum Gasteiger partial charge on any atom is 0.329 e. The SMILES string of the molecule is O=C1N/C(=C/c2cc(Br)ccc2OCc2ccc(Cl)c(Cl)c2)C(=O)N1Cc1ccc(Br)cc1. The van der Waals surface area contributed by atoms with Crippen molar-refractivity contribution in [3.63, 3.8) is 0 Å². The first-order chi connectivity index (χ1) is 15.8. The van der Waals surface area contributed by atoms with E-state index in [0.717, 1.165) is 20.1 Å². The highest BCUT2D eigenvalue weighted by Crippen LogP contribution is 2.29. The predicted octanol–water partition coefficient (Wildman–Crippen LogP) is 7.19. The quantitative estimate of drug-likeness (QED) is 0.237. The van der Waals surface area contributed by atoms with Crippen LogP contribution in [-0.4, -0.2) is 16.8 Å². The topological polar surface area (TPSA) is 58.6 Å². The lowest BCUT2D eigenvalue weighted by Gasteiger charge is -2.12. The summed E-state index contributed by atoms with van der Waals surface area (Å²) in [7, 11) is 0. The van der Waals surface area contributed by atoms with Gasteiger partial charge in [-0.3, -0.25) is 9.69 Å². The molecule has 1 saturated heterocycles. The first-order valence-corrected chi connectivity index (χ1v) is 12.1. The number of benzene rings is 3. The van der Waals surface area contributed by atoms with Gasteiger partial charge in [-0.05, 0) is 59.7 Å². The van der Waals surface area contributed by atoms with E-state index >= 15 is 0 Å². The number of nitrogens with one attached hydrogen (secondary N) is 1. The first kappa shape index (κ1) is 23.8. The summed E-state index contributed by atoms with van der Waals surface area (Å²) in [5.41, 5.74) is 2.50. The van der Waals surface area contributed by atoms with Crippen molar-refractivity contribution in [2.24, 2.45) is 0 Å². The molecule has 0 bridgehead atoms. The van der Waals surface area contributed by atoms with Crippen LogP contribution in [0.2, 0.25) is 10.0 Å². The first-order valence-electron chi connectivity index (χ1n) is 9.75. The van der Waals surface area contributed by atoms with Crippen LogP contribution < -0.4 is 10.1 Å². The molecule has 0 spiro atoms. The van der Waals surface area contributed by atoms with Crippen molar-refractivity contribution in [3.05, 3.63) is 102 Å². The van der Waals surface area contributed by atoms with Gasteiger partial charge in [-0.15, -0.1) is 0 Å². The maximum atomic E-state index is 12.9. The summed E-state index contributed by atoms with van der Waals surface area (Å²) in [6.07, 6.45) is 1.61. The second-order valence-corrected chi connectivity index (χ2v) is 9.87. The summed E-state index contributed by atoms with van der Waals surface area (Å²) >= 11 is 18.9. The van der Waals surface area contributed by atoms with Crippen molar-refractivity contribution >= 4 is 73.1 Å². The molecule has 1 aliphatic rings. The third-order valence-electron chi connectivity index (χ3n) is 4.87. The van der Waals surface area contributed by atoms with Crippen molar-refractivity contribution < 1.29 is 14.3 Å². The van der Waals surface area contributed by atoms with Gasteiger partial charge in [0.05, 0.1) is 16.6 Å². The Labute approximate surface area is 217 Å². The van der Waals surface area contributed by atoms with Gasteiger partial charge in [0.25, 0.3) is 5.91 Å². The van der Waals surface area contributed by atoms with Crippen LogP contribution in [0.5, 0.6) is 5.75 Å². The summed E-state index contributed by atoms with van der Waals surface area (Å²) in [6.45, 7) is 0.430. The van der Waals surface area contributed by atoms with Crippen LogP contribution in [-0.2, 0) is 17.9 Å². The highest BCUT2D eigenvalue weighted by molar-refractivity contribution is 9.10. The number of nitrogens with zero attached hydrogens (tertiary/aromatic N) is 1. The van der Waals surface area contributed by atoms with Crippen LogP contribution in [0.4, 0.5) is 4.79 Å². The third kappa shape index (κ3) is 5.79. The zero-order valence-electron chi connectivity index (χ0n) is 16.9. The molecule has 0 saturated carbocycles. The molecule has 0 aliphatic carbocycles. The largest absolute Gasteiger partial charge is 0.488 e. The summed E-state index contributed by atoms with van der Waals surface area (Å²) in [6, 6.07) is 17.7. The Morgan fingerprint density at radius 2 is 1.58 bits per heavy atom. The molecule has 1 heterocycles. The Kier molecular flexibility index (Phi) is 7.44. The van der Waals surface area contributed by atoms with Gasteiger partial charge in [-0.25, -0.2) is 4.79 Å². The molecule has 1 N–H and O–H groups in total. The number of hydrogen-bond donors (Lipinski definition) is 1. The molecule has 1 aliphatic heterocycles. The van der Waals surface area contributed by atoms with E-state index in [4.69, 9.17) is 27.9 Å². The maximum absolute atomic E-state index is 12.9. The molecular formula is C24H16Br2Cl2N2O3. The van der Waals surface area contributed by atoms with Gasteiger partial charge in [0.1, 0.15) is 18.1 Å². The second-order valence-electron chi connectivity index (χ2n) is 7.23. The number of carbonyl (C=O) groups is 2. The number of hydrogen-bond acceptors (Lipinski definition) is 3. The molecule has 0 atom stereocenters. The number of imide groups is 1. The van der Waals surface area contributed by atoms with Crippen LogP contribution in [0.15, 0.2) is 75.3 Å². The molecule has 0 unspecified atom stereocenters.